The lowest BCUT2D eigenvalue weighted by Crippen LogP contribution is -2.45. The molecule has 0 aromatic carbocycles. The molecule has 2 aliphatic heterocycles. The topological polar surface area (TPSA) is 66.8 Å². The van der Waals surface area contributed by atoms with Gasteiger partial charge in [0.25, 0.3) is 0 Å². The number of rotatable bonds is 3. The maximum atomic E-state index is 11.4. The van der Waals surface area contributed by atoms with Crippen molar-refractivity contribution in [2.24, 2.45) is 5.41 Å². The van der Waals surface area contributed by atoms with E-state index in [0.717, 1.165) is 12.8 Å². The molecule has 86 valence electrons. The normalized spacial score (nSPS) is 39.7. The first kappa shape index (κ1) is 10.9. The van der Waals surface area contributed by atoms with Gasteiger partial charge < -0.3 is 14.9 Å². The third-order valence-electron chi connectivity index (χ3n) is 3.49. The van der Waals surface area contributed by atoms with E-state index in [-0.39, 0.29) is 18.6 Å². The lowest BCUT2D eigenvalue weighted by molar-refractivity contribution is -0.157. The van der Waals surface area contributed by atoms with Gasteiger partial charge in [0.2, 0.25) is 0 Å². The van der Waals surface area contributed by atoms with Crippen molar-refractivity contribution in [3.63, 3.8) is 0 Å². The minimum absolute atomic E-state index is 0.0912. The van der Waals surface area contributed by atoms with E-state index >= 15 is 0 Å². The summed E-state index contributed by atoms with van der Waals surface area (Å²) in [5.41, 5.74) is -1.81. The number of carboxylic acid groups (broad SMARTS) is 1. The average Bonchev–Trinajstić information content (AvgIpc) is 2.59. The van der Waals surface area contributed by atoms with Crippen LogP contribution in [0.25, 0.3) is 0 Å². The number of hydrogen-bond donors (Lipinski definition) is 2. The molecular weight excluding hydrogens is 196 g/mol. The SMILES string of the molecule is CC(C)(O)CC1(C(=O)O)CC2CCC1O2. The van der Waals surface area contributed by atoms with E-state index in [4.69, 9.17) is 4.74 Å². The molecule has 2 heterocycles. The van der Waals surface area contributed by atoms with E-state index in [1.807, 2.05) is 0 Å². The standard InChI is InChI=1S/C11H18O4/c1-10(2,14)6-11(9(12)13)5-7-3-4-8(11)15-7/h7-8,14H,3-6H2,1-2H3,(H,12,13). The number of aliphatic hydroxyl groups is 1. The van der Waals surface area contributed by atoms with Crippen LogP contribution in [0.5, 0.6) is 0 Å². The average molecular weight is 214 g/mol. The van der Waals surface area contributed by atoms with Crippen LogP contribution >= 0.6 is 0 Å². The third kappa shape index (κ3) is 1.76. The number of fused-ring (bicyclic) bond motifs is 2. The van der Waals surface area contributed by atoms with Crippen LogP contribution in [-0.4, -0.2) is 34.0 Å². The first-order valence-electron chi connectivity index (χ1n) is 5.45. The van der Waals surface area contributed by atoms with Crippen LogP contribution in [-0.2, 0) is 9.53 Å². The van der Waals surface area contributed by atoms with Crippen LogP contribution in [0.2, 0.25) is 0 Å². The molecule has 2 bridgehead atoms. The Kier molecular flexibility index (Phi) is 2.32. The number of carbonyl (C=O) groups is 1. The van der Waals surface area contributed by atoms with Gasteiger partial charge in [-0.05, 0) is 39.5 Å². The van der Waals surface area contributed by atoms with Crippen LogP contribution < -0.4 is 0 Å². The predicted molar refractivity (Wildman–Crippen MR) is 53.5 cm³/mol. The van der Waals surface area contributed by atoms with Crippen molar-refractivity contribution >= 4 is 5.97 Å². The van der Waals surface area contributed by atoms with Gasteiger partial charge in [0.15, 0.2) is 0 Å². The zero-order valence-electron chi connectivity index (χ0n) is 9.19. The first-order chi connectivity index (χ1) is 6.83. The van der Waals surface area contributed by atoms with Crippen LogP contribution in [0.4, 0.5) is 0 Å². The maximum Gasteiger partial charge on any atom is 0.312 e. The van der Waals surface area contributed by atoms with Gasteiger partial charge in [-0.1, -0.05) is 0 Å². The molecule has 0 saturated carbocycles. The van der Waals surface area contributed by atoms with E-state index in [0.29, 0.717) is 6.42 Å². The minimum Gasteiger partial charge on any atom is -0.481 e. The second kappa shape index (κ2) is 3.19. The van der Waals surface area contributed by atoms with Crippen molar-refractivity contribution in [1.29, 1.82) is 0 Å². The summed E-state index contributed by atoms with van der Waals surface area (Å²) in [4.78, 5) is 11.4. The Balaban J connectivity index is 2.23. The van der Waals surface area contributed by atoms with Crippen LogP contribution in [0, 0.1) is 5.41 Å². The summed E-state index contributed by atoms with van der Waals surface area (Å²) in [6, 6.07) is 0. The van der Waals surface area contributed by atoms with Crippen molar-refractivity contribution in [1.82, 2.24) is 0 Å². The number of ether oxygens (including phenoxy) is 1. The van der Waals surface area contributed by atoms with E-state index in [1.54, 1.807) is 13.8 Å². The Hall–Kier alpha value is -0.610. The van der Waals surface area contributed by atoms with E-state index in [2.05, 4.69) is 0 Å². The highest BCUT2D eigenvalue weighted by Crippen LogP contribution is 2.51. The Bertz CT molecular complexity index is 281. The van der Waals surface area contributed by atoms with Crippen molar-refractivity contribution in [2.45, 2.75) is 57.3 Å². The lowest BCUT2D eigenvalue weighted by atomic mass is 9.68. The zero-order chi connectivity index (χ0) is 11.3. The fourth-order valence-electron chi connectivity index (χ4n) is 3.06. The Morgan fingerprint density at radius 2 is 2.20 bits per heavy atom. The van der Waals surface area contributed by atoms with Crippen molar-refractivity contribution in [2.75, 3.05) is 0 Å². The number of carboxylic acids is 1. The fraction of sp³-hybridized carbons (Fsp3) is 0.909. The van der Waals surface area contributed by atoms with Gasteiger partial charge in [-0.25, -0.2) is 0 Å². The van der Waals surface area contributed by atoms with E-state index in [9.17, 15) is 15.0 Å². The summed E-state index contributed by atoms with van der Waals surface area (Å²) >= 11 is 0. The van der Waals surface area contributed by atoms with Crippen molar-refractivity contribution in [3.05, 3.63) is 0 Å². The van der Waals surface area contributed by atoms with Gasteiger partial charge in [-0.3, -0.25) is 4.79 Å². The number of aliphatic carboxylic acids is 1. The fourth-order valence-corrected chi connectivity index (χ4v) is 3.06. The summed E-state index contributed by atoms with van der Waals surface area (Å²) in [6.45, 7) is 3.31. The van der Waals surface area contributed by atoms with E-state index < -0.39 is 17.0 Å². The molecular formula is C11H18O4. The third-order valence-corrected chi connectivity index (χ3v) is 3.49. The summed E-state index contributed by atoms with van der Waals surface area (Å²) in [5, 5.41) is 19.2. The van der Waals surface area contributed by atoms with Crippen molar-refractivity contribution in [3.8, 4) is 0 Å². The molecule has 2 N–H and O–H groups in total. The molecule has 0 aromatic rings. The summed E-state index contributed by atoms with van der Waals surface area (Å²) < 4.78 is 5.60. The molecule has 0 aliphatic carbocycles. The minimum atomic E-state index is -0.952. The van der Waals surface area contributed by atoms with Crippen LogP contribution in [0.3, 0.4) is 0 Å². The quantitative estimate of drug-likeness (QED) is 0.740. The molecule has 2 rings (SSSR count). The highest BCUT2D eigenvalue weighted by molar-refractivity contribution is 5.76. The largest absolute Gasteiger partial charge is 0.481 e. The monoisotopic (exact) mass is 214 g/mol. The molecule has 0 amide bonds. The van der Waals surface area contributed by atoms with E-state index in [1.165, 1.54) is 0 Å². The highest BCUT2D eigenvalue weighted by atomic mass is 16.5. The molecule has 15 heavy (non-hydrogen) atoms. The van der Waals surface area contributed by atoms with Crippen LogP contribution in [0.15, 0.2) is 0 Å². The Morgan fingerprint density at radius 3 is 2.53 bits per heavy atom. The predicted octanol–water partition coefficient (Wildman–Crippen LogP) is 1.17. The second-order valence-electron chi connectivity index (χ2n) is 5.48. The highest BCUT2D eigenvalue weighted by Gasteiger charge is 2.58. The second-order valence-corrected chi connectivity index (χ2v) is 5.48. The van der Waals surface area contributed by atoms with Gasteiger partial charge in [0.05, 0.1) is 23.2 Å². The Labute approximate surface area is 89.2 Å². The van der Waals surface area contributed by atoms with Crippen molar-refractivity contribution < 1.29 is 19.7 Å². The first-order valence-corrected chi connectivity index (χ1v) is 5.45. The molecule has 2 saturated heterocycles. The van der Waals surface area contributed by atoms with Gasteiger partial charge in [0.1, 0.15) is 0 Å². The molecule has 0 spiro atoms. The molecule has 3 atom stereocenters. The summed E-state index contributed by atoms with van der Waals surface area (Å²) in [5.74, 6) is -0.822. The summed E-state index contributed by atoms with van der Waals surface area (Å²) in [7, 11) is 0. The van der Waals surface area contributed by atoms with Gasteiger partial charge in [-0.15, -0.1) is 0 Å². The molecule has 3 unspecified atom stereocenters. The van der Waals surface area contributed by atoms with Gasteiger partial charge in [0, 0.05) is 0 Å². The smallest absolute Gasteiger partial charge is 0.312 e. The zero-order valence-corrected chi connectivity index (χ0v) is 9.19. The number of hydrogen-bond acceptors (Lipinski definition) is 3. The maximum absolute atomic E-state index is 11.4. The summed E-state index contributed by atoms with van der Waals surface area (Å²) in [6.07, 6.45) is 2.49. The Morgan fingerprint density at radius 1 is 1.53 bits per heavy atom. The van der Waals surface area contributed by atoms with Gasteiger partial charge in [-0.2, -0.15) is 0 Å². The molecule has 4 nitrogen and oxygen atoms in total. The molecule has 0 aromatic heterocycles. The molecule has 0 radical (unpaired) electrons. The lowest BCUT2D eigenvalue weighted by Gasteiger charge is -2.35. The molecule has 4 heteroatoms. The van der Waals surface area contributed by atoms with Gasteiger partial charge >= 0.3 is 5.97 Å². The van der Waals surface area contributed by atoms with Crippen LogP contribution in [0.1, 0.15) is 39.5 Å². The molecule has 2 fully saturated rings. The molecule has 2 aliphatic rings.